The lowest BCUT2D eigenvalue weighted by molar-refractivity contribution is -0.0205. The Labute approximate surface area is 106 Å². The summed E-state index contributed by atoms with van der Waals surface area (Å²) in [7, 11) is 0. The van der Waals surface area contributed by atoms with Gasteiger partial charge >= 0.3 is 0 Å². The van der Waals surface area contributed by atoms with E-state index in [1.165, 1.54) is 6.07 Å². The van der Waals surface area contributed by atoms with Crippen LogP contribution < -0.4 is 10.1 Å². The summed E-state index contributed by atoms with van der Waals surface area (Å²) in [4.78, 5) is 0. The van der Waals surface area contributed by atoms with Crippen LogP contribution in [0.15, 0.2) is 24.3 Å². The van der Waals surface area contributed by atoms with E-state index in [9.17, 15) is 4.39 Å². The van der Waals surface area contributed by atoms with Gasteiger partial charge in [-0.25, -0.2) is 4.39 Å². The highest BCUT2D eigenvalue weighted by Crippen LogP contribution is 2.35. The van der Waals surface area contributed by atoms with Crippen molar-refractivity contribution in [2.45, 2.75) is 31.0 Å². The fourth-order valence-corrected chi connectivity index (χ4v) is 2.83. The van der Waals surface area contributed by atoms with Crippen molar-refractivity contribution >= 4 is 0 Å². The Morgan fingerprint density at radius 2 is 2.06 bits per heavy atom. The molecule has 1 N–H and O–H groups in total. The summed E-state index contributed by atoms with van der Waals surface area (Å²) >= 11 is 0. The second-order valence-corrected chi connectivity index (χ2v) is 5.12. The molecule has 2 heterocycles. The van der Waals surface area contributed by atoms with Gasteiger partial charge in [0.2, 0.25) is 0 Å². The minimum absolute atomic E-state index is 0.0278. The van der Waals surface area contributed by atoms with Gasteiger partial charge in [0.05, 0.1) is 12.2 Å². The van der Waals surface area contributed by atoms with Crippen LogP contribution in [0, 0.1) is 5.82 Å². The van der Waals surface area contributed by atoms with Gasteiger partial charge in [-0.1, -0.05) is 12.1 Å². The second-order valence-electron chi connectivity index (χ2n) is 5.12. The van der Waals surface area contributed by atoms with Crippen molar-refractivity contribution in [3.63, 3.8) is 0 Å². The minimum atomic E-state index is -0.302. The minimum Gasteiger partial charge on any atom is -0.485 e. The fourth-order valence-electron chi connectivity index (χ4n) is 2.83. The molecule has 1 aromatic carbocycles. The Morgan fingerprint density at radius 1 is 1.28 bits per heavy atom. The molecule has 18 heavy (non-hydrogen) atoms. The molecule has 1 spiro atoms. The van der Waals surface area contributed by atoms with Crippen molar-refractivity contribution in [2.75, 3.05) is 19.7 Å². The molecule has 1 unspecified atom stereocenters. The lowest BCUT2D eigenvalue weighted by Crippen LogP contribution is -2.41. The van der Waals surface area contributed by atoms with Crippen LogP contribution in [0.1, 0.15) is 19.3 Å². The van der Waals surface area contributed by atoms with Crippen LogP contribution in [0.5, 0.6) is 5.75 Å². The van der Waals surface area contributed by atoms with E-state index in [0.29, 0.717) is 12.4 Å². The molecule has 3 rings (SSSR count). The predicted molar refractivity (Wildman–Crippen MR) is 66.2 cm³/mol. The van der Waals surface area contributed by atoms with Crippen LogP contribution >= 0.6 is 0 Å². The van der Waals surface area contributed by atoms with Crippen LogP contribution in [0.3, 0.4) is 0 Å². The van der Waals surface area contributed by atoms with Gasteiger partial charge in [0, 0.05) is 6.42 Å². The van der Waals surface area contributed by atoms with Crippen molar-refractivity contribution < 1.29 is 13.9 Å². The van der Waals surface area contributed by atoms with E-state index in [4.69, 9.17) is 9.47 Å². The maximum Gasteiger partial charge on any atom is 0.165 e. The molecule has 0 aromatic heterocycles. The standard InChI is InChI=1S/C14H18FNO2/c15-12-3-1-2-4-13(12)18-11-9-14(17-10-11)5-7-16-8-6-14/h1-4,11,16H,5-10H2. The SMILES string of the molecule is Fc1ccccc1OC1COC2(CCNCC2)C1. The quantitative estimate of drug-likeness (QED) is 0.873. The second kappa shape index (κ2) is 4.86. The number of nitrogens with one attached hydrogen (secondary N) is 1. The molecule has 2 fully saturated rings. The normalized spacial score (nSPS) is 26.4. The number of piperidine rings is 1. The molecule has 2 aliphatic heterocycles. The van der Waals surface area contributed by atoms with Crippen molar-refractivity contribution in [1.29, 1.82) is 0 Å². The average molecular weight is 251 g/mol. The van der Waals surface area contributed by atoms with E-state index in [1.54, 1.807) is 18.2 Å². The third-order valence-electron chi connectivity index (χ3n) is 3.82. The first-order chi connectivity index (χ1) is 8.77. The van der Waals surface area contributed by atoms with E-state index in [1.807, 2.05) is 0 Å². The number of rotatable bonds is 2. The van der Waals surface area contributed by atoms with Crippen molar-refractivity contribution in [3.8, 4) is 5.75 Å². The maximum atomic E-state index is 13.5. The molecule has 3 nitrogen and oxygen atoms in total. The molecule has 0 amide bonds. The first-order valence-electron chi connectivity index (χ1n) is 6.53. The molecular weight excluding hydrogens is 233 g/mol. The summed E-state index contributed by atoms with van der Waals surface area (Å²) in [6.45, 7) is 2.55. The van der Waals surface area contributed by atoms with E-state index >= 15 is 0 Å². The predicted octanol–water partition coefficient (Wildman–Crippen LogP) is 2.12. The molecule has 1 atom stereocenters. The third-order valence-corrected chi connectivity index (χ3v) is 3.82. The van der Waals surface area contributed by atoms with Crippen molar-refractivity contribution in [2.24, 2.45) is 0 Å². The number of ether oxygens (including phenoxy) is 2. The summed E-state index contributed by atoms with van der Waals surface area (Å²) in [5.74, 6) is 0.0286. The fraction of sp³-hybridized carbons (Fsp3) is 0.571. The lowest BCUT2D eigenvalue weighted by Gasteiger charge is -2.32. The van der Waals surface area contributed by atoms with E-state index < -0.39 is 0 Å². The van der Waals surface area contributed by atoms with Gasteiger partial charge in [-0.15, -0.1) is 0 Å². The Morgan fingerprint density at radius 3 is 2.83 bits per heavy atom. The lowest BCUT2D eigenvalue weighted by atomic mass is 9.89. The highest BCUT2D eigenvalue weighted by molar-refractivity contribution is 5.24. The maximum absolute atomic E-state index is 13.5. The summed E-state index contributed by atoms with van der Waals surface area (Å²) in [5, 5.41) is 3.33. The molecule has 0 radical (unpaired) electrons. The molecule has 1 aromatic rings. The van der Waals surface area contributed by atoms with Gasteiger partial charge in [-0.3, -0.25) is 0 Å². The largest absolute Gasteiger partial charge is 0.485 e. The van der Waals surface area contributed by atoms with Crippen LogP contribution in [0.25, 0.3) is 0 Å². The summed E-state index contributed by atoms with van der Waals surface area (Å²) in [5.41, 5.74) is -0.0405. The Bertz CT molecular complexity index is 418. The summed E-state index contributed by atoms with van der Waals surface area (Å²) in [6.07, 6.45) is 2.87. The number of hydrogen-bond donors (Lipinski definition) is 1. The zero-order valence-electron chi connectivity index (χ0n) is 10.3. The molecule has 4 heteroatoms. The Hall–Kier alpha value is -1.13. The highest BCUT2D eigenvalue weighted by Gasteiger charge is 2.42. The smallest absolute Gasteiger partial charge is 0.165 e. The van der Waals surface area contributed by atoms with E-state index in [-0.39, 0.29) is 17.5 Å². The zero-order chi connectivity index (χ0) is 12.4. The molecule has 0 bridgehead atoms. The number of benzene rings is 1. The first kappa shape index (κ1) is 11.9. The number of halogens is 1. The number of para-hydroxylation sites is 1. The van der Waals surface area contributed by atoms with Gasteiger partial charge in [-0.2, -0.15) is 0 Å². The monoisotopic (exact) mass is 251 g/mol. The molecular formula is C14H18FNO2. The topological polar surface area (TPSA) is 30.5 Å². The zero-order valence-corrected chi connectivity index (χ0v) is 10.3. The number of hydrogen-bond acceptors (Lipinski definition) is 3. The van der Waals surface area contributed by atoms with Gasteiger partial charge < -0.3 is 14.8 Å². The van der Waals surface area contributed by atoms with E-state index in [2.05, 4.69) is 5.32 Å². The molecule has 2 aliphatic rings. The molecule has 0 aliphatic carbocycles. The molecule has 0 saturated carbocycles. The Balaban J connectivity index is 1.64. The van der Waals surface area contributed by atoms with Crippen LogP contribution in [0.4, 0.5) is 4.39 Å². The van der Waals surface area contributed by atoms with Crippen LogP contribution in [0.2, 0.25) is 0 Å². The first-order valence-corrected chi connectivity index (χ1v) is 6.53. The molecule has 98 valence electrons. The summed E-state index contributed by atoms with van der Waals surface area (Å²) in [6, 6.07) is 6.55. The average Bonchev–Trinajstić information content (AvgIpc) is 2.76. The van der Waals surface area contributed by atoms with Gasteiger partial charge in [0.25, 0.3) is 0 Å². The van der Waals surface area contributed by atoms with Crippen molar-refractivity contribution in [3.05, 3.63) is 30.1 Å². The summed E-state index contributed by atoms with van der Waals surface area (Å²) < 4.78 is 25.1. The van der Waals surface area contributed by atoms with Crippen LogP contribution in [-0.2, 0) is 4.74 Å². The third kappa shape index (κ3) is 2.35. The van der Waals surface area contributed by atoms with Crippen LogP contribution in [-0.4, -0.2) is 31.4 Å². The highest BCUT2D eigenvalue weighted by atomic mass is 19.1. The van der Waals surface area contributed by atoms with Gasteiger partial charge in [0.1, 0.15) is 6.10 Å². The Kier molecular flexibility index (Phi) is 3.22. The molecule has 2 saturated heterocycles. The van der Waals surface area contributed by atoms with Gasteiger partial charge in [-0.05, 0) is 38.1 Å². The van der Waals surface area contributed by atoms with E-state index in [0.717, 1.165) is 32.4 Å². The van der Waals surface area contributed by atoms with Gasteiger partial charge in [0.15, 0.2) is 11.6 Å². The van der Waals surface area contributed by atoms with Crippen molar-refractivity contribution in [1.82, 2.24) is 5.32 Å².